The molecule has 0 amide bonds. The minimum absolute atomic E-state index is 0.181. The number of aromatic amines is 1. The number of hydrogen-bond donors (Lipinski definition) is 2. The highest BCUT2D eigenvalue weighted by Gasteiger charge is 2.18. The summed E-state index contributed by atoms with van der Waals surface area (Å²) in [5, 5.41) is 9.41. The third kappa shape index (κ3) is 2.78. The first-order valence-electron chi connectivity index (χ1n) is 8.03. The van der Waals surface area contributed by atoms with Crippen molar-refractivity contribution in [2.45, 2.75) is 19.4 Å². The van der Waals surface area contributed by atoms with E-state index in [1.165, 1.54) is 0 Å². The summed E-state index contributed by atoms with van der Waals surface area (Å²) in [7, 11) is 0. The van der Waals surface area contributed by atoms with Gasteiger partial charge < -0.3 is 9.84 Å². The van der Waals surface area contributed by atoms with Crippen molar-refractivity contribution in [3.05, 3.63) is 40.9 Å². The molecule has 24 heavy (non-hydrogen) atoms. The van der Waals surface area contributed by atoms with Crippen molar-refractivity contribution in [1.82, 2.24) is 19.5 Å². The van der Waals surface area contributed by atoms with E-state index in [1.807, 2.05) is 0 Å². The number of nitrogens with one attached hydrogen (secondary N) is 1. The lowest BCUT2D eigenvalue weighted by molar-refractivity contribution is 0.0613. The molecular formula is C17H18N4O3. The maximum atomic E-state index is 12.3. The number of phenolic OH excluding ortho intramolecular Hbond substituents is 1. The molecule has 2 N–H and O–H groups in total. The molecule has 0 bridgehead atoms. The summed E-state index contributed by atoms with van der Waals surface area (Å²) < 4.78 is 7.05. The van der Waals surface area contributed by atoms with E-state index in [1.54, 1.807) is 35.0 Å². The fourth-order valence-electron chi connectivity index (χ4n) is 3.05. The third-order valence-electron chi connectivity index (χ3n) is 4.42. The van der Waals surface area contributed by atoms with Crippen molar-refractivity contribution in [2.75, 3.05) is 13.2 Å². The van der Waals surface area contributed by atoms with Gasteiger partial charge in [-0.25, -0.2) is 14.8 Å². The van der Waals surface area contributed by atoms with Crippen LogP contribution in [0.15, 0.2) is 35.3 Å². The van der Waals surface area contributed by atoms with Gasteiger partial charge in [0.05, 0.1) is 11.9 Å². The monoisotopic (exact) mass is 326 g/mol. The van der Waals surface area contributed by atoms with E-state index in [0.29, 0.717) is 29.5 Å². The lowest BCUT2D eigenvalue weighted by Gasteiger charge is -2.21. The van der Waals surface area contributed by atoms with E-state index >= 15 is 0 Å². The van der Waals surface area contributed by atoms with Crippen LogP contribution in [0.5, 0.6) is 5.75 Å². The molecule has 3 heterocycles. The highest BCUT2D eigenvalue weighted by atomic mass is 16.5. The van der Waals surface area contributed by atoms with Crippen molar-refractivity contribution in [3.63, 3.8) is 0 Å². The molecule has 1 aliphatic heterocycles. The van der Waals surface area contributed by atoms with E-state index in [-0.39, 0.29) is 11.4 Å². The zero-order valence-corrected chi connectivity index (χ0v) is 13.1. The summed E-state index contributed by atoms with van der Waals surface area (Å²) in [6, 6.07) is 6.76. The zero-order chi connectivity index (χ0) is 16.5. The number of nitrogens with zero attached hydrogens (tertiary/aromatic N) is 3. The number of benzene rings is 1. The van der Waals surface area contributed by atoms with Crippen LogP contribution in [0.25, 0.3) is 22.6 Å². The SMILES string of the molecule is O=c1[nH]c2ncc(-c3ccc(O)cc3)nc2n1CC1CCOCC1. The minimum Gasteiger partial charge on any atom is -0.508 e. The van der Waals surface area contributed by atoms with Crippen molar-refractivity contribution in [1.29, 1.82) is 0 Å². The molecule has 0 radical (unpaired) electrons. The van der Waals surface area contributed by atoms with Crippen LogP contribution in [-0.4, -0.2) is 37.8 Å². The molecule has 124 valence electrons. The number of rotatable bonds is 3. The molecule has 1 aromatic carbocycles. The molecule has 0 unspecified atom stereocenters. The smallest absolute Gasteiger partial charge is 0.328 e. The zero-order valence-electron chi connectivity index (χ0n) is 13.1. The van der Waals surface area contributed by atoms with Gasteiger partial charge >= 0.3 is 5.69 Å². The van der Waals surface area contributed by atoms with Gasteiger partial charge in [0.15, 0.2) is 11.3 Å². The highest BCUT2D eigenvalue weighted by Crippen LogP contribution is 2.22. The van der Waals surface area contributed by atoms with Crippen LogP contribution in [0.1, 0.15) is 12.8 Å². The van der Waals surface area contributed by atoms with Gasteiger partial charge in [0.25, 0.3) is 0 Å². The lowest BCUT2D eigenvalue weighted by atomic mass is 10.0. The standard InChI is InChI=1S/C17H18N4O3/c22-13-3-1-12(2-4-13)14-9-18-15-16(19-14)21(17(23)20-15)10-11-5-7-24-8-6-11/h1-4,9,11,22H,5-8,10H2,(H,18,20,23). The average Bonchev–Trinajstić information content (AvgIpc) is 2.91. The average molecular weight is 326 g/mol. The van der Waals surface area contributed by atoms with Crippen molar-refractivity contribution >= 4 is 11.3 Å². The summed E-state index contributed by atoms with van der Waals surface area (Å²) in [4.78, 5) is 24.0. The molecule has 1 saturated heterocycles. The predicted molar refractivity (Wildman–Crippen MR) is 88.8 cm³/mol. The summed E-state index contributed by atoms with van der Waals surface area (Å²) in [6.07, 6.45) is 3.53. The lowest BCUT2D eigenvalue weighted by Crippen LogP contribution is -2.26. The molecule has 0 aliphatic carbocycles. The Morgan fingerprint density at radius 2 is 2.00 bits per heavy atom. The van der Waals surface area contributed by atoms with Crippen LogP contribution < -0.4 is 5.69 Å². The van der Waals surface area contributed by atoms with E-state index in [4.69, 9.17) is 4.74 Å². The molecule has 4 rings (SSSR count). The Bertz CT molecular complexity index is 908. The molecule has 0 atom stereocenters. The van der Waals surface area contributed by atoms with E-state index in [9.17, 15) is 9.90 Å². The fourth-order valence-corrected chi connectivity index (χ4v) is 3.05. The van der Waals surface area contributed by atoms with Gasteiger partial charge in [0.2, 0.25) is 0 Å². The maximum Gasteiger partial charge on any atom is 0.328 e. The second-order valence-corrected chi connectivity index (χ2v) is 6.07. The maximum absolute atomic E-state index is 12.3. The summed E-state index contributed by atoms with van der Waals surface area (Å²) in [5.74, 6) is 0.612. The van der Waals surface area contributed by atoms with Crippen LogP contribution in [0.4, 0.5) is 0 Å². The molecule has 3 aromatic rings. The number of fused-ring (bicyclic) bond motifs is 1. The van der Waals surface area contributed by atoms with Gasteiger partial charge in [-0.2, -0.15) is 0 Å². The second kappa shape index (κ2) is 6.09. The number of hydrogen-bond acceptors (Lipinski definition) is 5. The van der Waals surface area contributed by atoms with Crippen molar-refractivity contribution < 1.29 is 9.84 Å². The molecule has 7 nitrogen and oxygen atoms in total. The molecule has 0 spiro atoms. The molecule has 1 aliphatic rings. The summed E-state index contributed by atoms with van der Waals surface area (Å²) in [5.41, 5.74) is 2.39. The molecule has 7 heteroatoms. The Kier molecular flexibility index (Phi) is 3.78. The van der Waals surface area contributed by atoms with Gasteiger partial charge in [0.1, 0.15) is 5.75 Å². The number of H-pyrrole nitrogens is 1. The largest absolute Gasteiger partial charge is 0.508 e. The number of aromatic hydroxyl groups is 1. The molecule has 1 fully saturated rings. The van der Waals surface area contributed by atoms with Gasteiger partial charge in [-0.05, 0) is 43.0 Å². The normalized spacial score (nSPS) is 15.8. The first-order valence-corrected chi connectivity index (χ1v) is 8.03. The fraction of sp³-hybridized carbons (Fsp3) is 0.353. The van der Waals surface area contributed by atoms with Gasteiger partial charge in [0, 0.05) is 25.3 Å². The topological polar surface area (TPSA) is 93.0 Å². The quantitative estimate of drug-likeness (QED) is 0.767. The van der Waals surface area contributed by atoms with Crippen LogP contribution in [0.2, 0.25) is 0 Å². The summed E-state index contributed by atoms with van der Waals surface area (Å²) in [6.45, 7) is 2.11. The molecular weight excluding hydrogens is 308 g/mol. The number of phenols is 1. The number of aromatic nitrogens is 4. The Hall–Kier alpha value is -2.67. The number of imidazole rings is 1. The van der Waals surface area contributed by atoms with Crippen molar-refractivity contribution in [2.24, 2.45) is 5.92 Å². The van der Waals surface area contributed by atoms with Gasteiger partial charge in [-0.3, -0.25) is 9.55 Å². The van der Waals surface area contributed by atoms with Gasteiger partial charge in [-0.1, -0.05) is 0 Å². The Balaban J connectivity index is 1.73. The predicted octanol–water partition coefficient (Wildman–Crippen LogP) is 1.92. The van der Waals surface area contributed by atoms with Crippen LogP contribution in [-0.2, 0) is 11.3 Å². The first-order chi connectivity index (χ1) is 11.7. The number of ether oxygens (including phenoxy) is 1. The first kappa shape index (κ1) is 14.9. The van der Waals surface area contributed by atoms with Crippen LogP contribution in [0.3, 0.4) is 0 Å². The van der Waals surface area contributed by atoms with E-state index in [2.05, 4.69) is 15.0 Å². The third-order valence-corrected chi connectivity index (χ3v) is 4.42. The Labute approximate surface area is 138 Å². The van der Waals surface area contributed by atoms with E-state index in [0.717, 1.165) is 31.6 Å². The Morgan fingerprint density at radius 3 is 2.75 bits per heavy atom. The van der Waals surface area contributed by atoms with Gasteiger partial charge in [-0.15, -0.1) is 0 Å². The van der Waals surface area contributed by atoms with Crippen LogP contribution >= 0.6 is 0 Å². The second-order valence-electron chi connectivity index (χ2n) is 6.07. The molecule has 2 aromatic heterocycles. The molecule has 0 saturated carbocycles. The highest BCUT2D eigenvalue weighted by molar-refractivity contribution is 5.71. The van der Waals surface area contributed by atoms with E-state index < -0.39 is 0 Å². The Morgan fingerprint density at radius 1 is 1.25 bits per heavy atom. The minimum atomic E-state index is -0.181. The summed E-state index contributed by atoms with van der Waals surface area (Å²) >= 11 is 0. The van der Waals surface area contributed by atoms with Crippen molar-refractivity contribution in [3.8, 4) is 17.0 Å². The van der Waals surface area contributed by atoms with Crippen LogP contribution in [0, 0.1) is 5.92 Å².